The van der Waals surface area contributed by atoms with Crippen LogP contribution in [0.5, 0.6) is 0 Å². The van der Waals surface area contributed by atoms with E-state index in [1.807, 2.05) is 18.2 Å². The number of thioether (sulfide) groups is 1. The third-order valence-corrected chi connectivity index (χ3v) is 6.60. The zero-order chi connectivity index (χ0) is 20.9. The van der Waals surface area contributed by atoms with Gasteiger partial charge >= 0.3 is 0 Å². The van der Waals surface area contributed by atoms with E-state index < -0.39 is 0 Å². The summed E-state index contributed by atoms with van der Waals surface area (Å²) in [4.78, 5) is 29.0. The molecule has 30 heavy (non-hydrogen) atoms. The molecule has 0 fully saturated rings. The summed E-state index contributed by atoms with van der Waals surface area (Å²) in [5.41, 5.74) is 1.89. The number of fused-ring (bicyclic) bond motifs is 1. The van der Waals surface area contributed by atoms with E-state index in [4.69, 9.17) is 16.0 Å². The first-order valence-electron chi connectivity index (χ1n) is 8.97. The summed E-state index contributed by atoms with van der Waals surface area (Å²) in [6.45, 7) is 0.362. The summed E-state index contributed by atoms with van der Waals surface area (Å²) in [5, 5.41) is 6.06. The van der Waals surface area contributed by atoms with Crippen LogP contribution in [0.15, 0.2) is 69.6 Å². The molecule has 0 spiro atoms. The first-order valence-corrected chi connectivity index (χ1v) is 11.1. The van der Waals surface area contributed by atoms with Crippen molar-refractivity contribution in [3.63, 3.8) is 0 Å². The van der Waals surface area contributed by atoms with Crippen molar-refractivity contribution in [2.24, 2.45) is 0 Å². The van der Waals surface area contributed by atoms with Gasteiger partial charge < -0.3 is 15.1 Å². The number of carbonyl (C=O) groups excluding carboxylic acids is 2. The van der Waals surface area contributed by atoms with Crippen LogP contribution in [0.3, 0.4) is 0 Å². The van der Waals surface area contributed by atoms with E-state index in [-0.39, 0.29) is 17.6 Å². The third kappa shape index (κ3) is 5.02. The van der Waals surface area contributed by atoms with Gasteiger partial charge in [-0.25, -0.2) is 4.98 Å². The molecule has 0 aliphatic heterocycles. The fourth-order valence-electron chi connectivity index (χ4n) is 2.66. The van der Waals surface area contributed by atoms with Gasteiger partial charge in [-0.2, -0.15) is 0 Å². The minimum absolute atomic E-state index is 0.0941. The van der Waals surface area contributed by atoms with Crippen molar-refractivity contribution in [3.05, 3.63) is 77.2 Å². The summed E-state index contributed by atoms with van der Waals surface area (Å²) in [6, 6.07) is 16.0. The fourth-order valence-corrected chi connectivity index (χ4v) is 4.82. The van der Waals surface area contributed by atoms with Crippen molar-refractivity contribution in [1.29, 1.82) is 0 Å². The van der Waals surface area contributed by atoms with Crippen LogP contribution in [0.2, 0.25) is 5.02 Å². The zero-order valence-electron chi connectivity index (χ0n) is 15.6. The van der Waals surface area contributed by atoms with Gasteiger partial charge in [0.2, 0.25) is 5.91 Å². The van der Waals surface area contributed by atoms with Gasteiger partial charge in [-0.05, 0) is 42.5 Å². The minimum atomic E-state index is -0.271. The smallest absolute Gasteiger partial charge is 0.257 e. The van der Waals surface area contributed by atoms with Crippen LogP contribution in [0.25, 0.3) is 10.2 Å². The van der Waals surface area contributed by atoms with Crippen LogP contribution in [-0.2, 0) is 11.3 Å². The molecule has 2 aromatic heterocycles. The highest BCUT2D eigenvalue weighted by molar-refractivity contribution is 8.01. The number of rotatable bonds is 7. The molecule has 0 aliphatic carbocycles. The number of hydrogen-bond donors (Lipinski definition) is 2. The first-order chi connectivity index (χ1) is 14.6. The number of nitrogens with zero attached hydrogens (tertiary/aromatic N) is 1. The number of thiazole rings is 1. The van der Waals surface area contributed by atoms with Gasteiger partial charge in [-0.15, -0.1) is 11.3 Å². The SMILES string of the molecule is O=C(CSc1nc2ccc(NC(=O)c3ccccc3Cl)cc2s1)NCc1ccco1. The Labute approximate surface area is 185 Å². The maximum Gasteiger partial charge on any atom is 0.257 e. The number of amides is 2. The summed E-state index contributed by atoms with van der Waals surface area (Å²) < 4.78 is 6.90. The standard InChI is InChI=1S/C21H16ClN3O3S2/c22-16-6-2-1-5-15(16)20(27)24-13-7-8-17-18(10-13)30-21(25-17)29-12-19(26)23-11-14-4-3-9-28-14/h1-10H,11-12H2,(H,23,26)(H,24,27). The molecule has 152 valence electrons. The highest BCUT2D eigenvalue weighted by atomic mass is 35.5. The van der Waals surface area contributed by atoms with Gasteiger partial charge in [-0.3, -0.25) is 9.59 Å². The fraction of sp³-hybridized carbons (Fsp3) is 0.0952. The number of aromatic nitrogens is 1. The third-order valence-electron chi connectivity index (χ3n) is 4.11. The Hall–Kier alpha value is -2.81. The van der Waals surface area contributed by atoms with Crippen molar-refractivity contribution in [2.75, 3.05) is 11.1 Å². The second-order valence-corrected chi connectivity index (χ2v) is 8.90. The van der Waals surface area contributed by atoms with E-state index in [1.54, 1.807) is 42.7 Å². The molecular formula is C21H16ClN3O3S2. The van der Waals surface area contributed by atoms with Gasteiger partial charge in [0.25, 0.3) is 5.91 Å². The normalized spacial score (nSPS) is 10.8. The molecule has 4 aromatic rings. The predicted octanol–water partition coefficient (Wildman–Crippen LogP) is 5.20. The van der Waals surface area contributed by atoms with Crippen molar-refractivity contribution >= 4 is 62.4 Å². The molecule has 9 heteroatoms. The molecule has 2 amide bonds. The molecule has 0 atom stereocenters. The molecule has 6 nitrogen and oxygen atoms in total. The molecular weight excluding hydrogens is 442 g/mol. The lowest BCUT2D eigenvalue weighted by atomic mass is 10.2. The van der Waals surface area contributed by atoms with Crippen molar-refractivity contribution in [2.45, 2.75) is 10.9 Å². The number of hydrogen-bond acceptors (Lipinski definition) is 6. The highest BCUT2D eigenvalue weighted by Gasteiger charge is 2.12. The molecule has 0 radical (unpaired) electrons. The van der Waals surface area contributed by atoms with E-state index in [0.717, 1.165) is 14.6 Å². The molecule has 0 saturated carbocycles. The first kappa shape index (κ1) is 20.5. The van der Waals surface area contributed by atoms with E-state index >= 15 is 0 Å². The van der Waals surface area contributed by atoms with Crippen molar-refractivity contribution in [3.8, 4) is 0 Å². The summed E-state index contributed by atoms with van der Waals surface area (Å²) in [5.74, 6) is 0.603. The second-order valence-electron chi connectivity index (χ2n) is 6.24. The van der Waals surface area contributed by atoms with E-state index in [1.165, 1.54) is 23.1 Å². The van der Waals surface area contributed by atoms with Gasteiger partial charge in [0.1, 0.15) is 5.76 Å². The summed E-state index contributed by atoms with van der Waals surface area (Å²) in [7, 11) is 0. The number of anilines is 1. The lowest BCUT2D eigenvalue weighted by Crippen LogP contribution is -2.24. The molecule has 2 heterocycles. The Morgan fingerprint density at radius 1 is 1.13 bits per heavy atom. The molecule has 4 rings (SSSR count). The Morgan fingerprint density at radius 3 is 2.80 bits per heavy atom. The van der Waals surface area contributed by atoms with Crippen LogP contribution in [-0.4, -0.2) is 22.6 Å². The summed E-state index contributed by atoms with van der Waals surface area (Å²) >= 11 is 8.93. The summed E-state index contributed by atoms with van der Waals surface area (Å²) in [6.07, 6.45) is 1.57. The molecule has 0 unspecified atom stereocenters. The van der Waals surface area contributed by atoms with Crippen LogP contribution < -0.4 is 10.6 Å². The lowest BCUT2D eigenvalue weighted by molar-refractivity contribution is -0.118. The van der Waals surface area contributed by atoms with Gasteiger partial charge in [0, 0.05) is 5.69 Å². The predicted molar refractivity (Wildman–Crippen MR) is 120 cm³/mol. The van der Waals surface area contributed by atoms with Gasteiger partial charge in [0.05, 0.1) is 39.4 Å². The molecule has 2 N–H and O–H groups in total. The largest absolute Gasteiger partial charge is 0.467 e. The Kier molecular flexibility index (Phi) is 6.37. The molecule has 2 aromatic carbocycles. The van der Waals surface area contributed by atoms with E-state index in [9.17, 15) is 9.59 Å². The number of benzene rings is 2. The number of halogens is 1. The quantitative estimate of drug-likeness (QED) is 0.372. The average Bonchev–Trinajstić information content (AvgIpc) is 3.40. The van der Waals surface area contributed by atoms with Crippen molar-refractivity contribution in [1.82, 2.24) is 10.3 Å². The number of furan rings is 1. The lowest BCUT2D eigenvalue weighted by Gasteiger charge is -2.06. The van der Waals surface area contributed by atoms with Crippen LogP contribution in [0.4, 0.5) is 5.69 Å². The Bertz CT molecular complexity index is 1190. The van der Waals surface area contributed by atoms with Crippen LogP contribution in [0, 0.1) is 0 Å². The minimum Gasteiger partial charge on any atom is -0.467 e. The maximum atomic E-state index is 12.4. The highest BCUT2D eigenvalue weighted by Crippen LogP contribution is 2.31. The zero-order valence-corrected chi connectivity index (χ0v) is 17.9. The van der Waals surface area contributed by atoms with E-state index in [0.29, 0.717) is 28.6 Å². The Balaban J connectivity index is 1.37. The van der Waals surface area contributed by atoms with Gasteiger partial charge in [-0.1, -0.05) is 35.5 Å². The van der Waals surface area contributed by atoms with Crippen LogP contribution in [0.1, 0.15) is 16.1 Å². The van der Waals surface area contributed by atoms with Crippen molar-refractivity contribution < 1.29 is 14.0 Å². The Morgan fingerprint density at radius 2 is 2.00 bits per heavy atom. The maximum absolute atomic E-state index is 12.4. The van der Waals surface area contributed by atoms with Gasteiger partial charge in [0.15, 0.2) is 4.34 Å². The van der Waals surface area contributed by atoms with Crippen LogP contribution >= 0.6 is 34.7 Å². The second kappa shape index (κ2) is 9.34. The topological polar surface area (TPSA) is 84.2 Å². The van der Waals surface area contributed by atoms with E-state index in [2.05, 4.69) is 15.6 Å². The molecule has 0 aliphatic rings. The number of carbonyl (C=O) groups is 2. The average molecular weight is 458 g/mol. The monoisotopic (exact) mass is 457 g/mol. The molecule has 0 bridgehead atoms. The molecule has 0 saturated heterocycles. The number of nitrogens with one attached hydrogen (secondary N) is 2.